The Morgan fingerprint density at radius 1 is 1.15 bits per heavy atom. The Kier molecular flexibility index (Phi) is 9.29. The van der Waals surface area contributed by atoms with Crippen molar-refractivity contribution in [1.82, 2.24) is 15.5 Å². The molecule has 220 valence electrons. The zero-order valence-electron chi connectivity index (χ0n) is 23.5. The lowest BCUT2D eigenvalue weighted by Gasteiger charge is -2.34. The molecule has 40 heavy (non-hydrogen) atoms. The third kappa shape index (κ3) is 6.91. The minimum Gasteiger partial charge on any atom is -0.486 e. The lowest BCUT2D eigenvalue weighted by molar-refractivity contribution is -0.0449. The first-order chi connectivity index (χ1) is 19.1. The van der Waals surface area contributed by atoms with E-state index in [1.165, 1.54) is 13.1 Å². The normalized spacial score (nSPS) is 20.3. The van der Waals surface area contributed by atoms with E-state index in [1.807, 2.05) is 51.1 Å². The van der Waals surface area contributed by atoms with E-state index in [9.17, 15) is 18.8 Å². The van der Waals surface area contributed by atoms with Gasteiger partial charge in [-0.05, 0) is 51.3 Å². The number of carbonyl (C=O) groups is 3. The van der Waals surface area contributed by atoms with Gasteiger partial charge in [-0.1, -0.05) is 30.3 Å². The predicted molar refractivity (Wildman–Crippen MR) is 152 cm³/mol. The molecule has 2 aromatic carbocycles. The molecule has 0 bridgehead atoms. The Morgan fingerprint density at radius 2 is 1.90 bits per heavy atom. The molecular weight excluding hydrogens is 517 g/mol. The van der Waals surface area contributed by atoms with Crippen LogP contribution in [0.3, 0.4) is 0 Å². The van der Waals surface area contributed by atoms with Gasteiger partial charge in [-0.3, -0.25) is 9.59 Å². The molecule has 2 aliphatic rings. The van der Waals surface area contributed by atoms with Crippen LogP contribution in [0.15, 0.2) is 42.5 Å². The second-order valence-electron chi connectivity index (χ2n) is 11.0. The highest BCUT2D eigenvalue weighted by Crippen LogP contribution is 2.45. The van der Waals surface area contributed by atoms with Gasteiger partial charge in [0.2, 0.25) is 0 Å². The summed E-state index contributed by atoms with van der Waals surface area (Å²) in [6, 6.07) is 12.5. The van der Waals surface area contributed by atoms with Gasteiger partial charge in [0.05, 0.1) is 30.7 Å². The van der Waals surface area contributed by atoms with Crippen LogP contribution < -0.4 is 15.4 Å². The maximum atomic E-state index is 14.0. The third-order valence-electron chi connectivity index (χ3n) is 6.92. The molecule has 2 heterocycles. The Labute approximate surface area is 237 Å². The van der Waals surface area contributed by atoms with Crippen molar-refractivity contribution < 1.29 is 35.8 Å². The van der Waals surface area contributed by atoms with Crippen molar-refractivity contribution in [3.8, 4) is 5.75 Å². The molecule has 1 saturated heterocycles. The number of halogens is 1. The fourth-order valence-corrected chi connectivity index (χ4v) is 5.06. The second-order valence-corrected chi connectivity index (χ2v) is 11.0. The molecule has 4 rings (SSSR count). The summed E-state index contributed by atoms with van der Waals surface area (Å²) in [5.41, 5.74) is 1.38. The minimum atomic E-state index is -0.796. The minimum absolute atomic E-state index is 0. The van der Waals surface area contributed by atoms with Crippen molar-refractivity contribution in [2.24, 2.45) is 0 Å². The van der Waals surface area contributed by atoms with Crippen LogP contribution in [0, 0.1) is 0 Å². The quantitative estimate of drug-likeness (QED) is 0.460. The van der Waals surface area contributed by atoms with Crippen LogP contribution in [0.25, 0.3) is 0 Å². The summed E-state index contributed by atoms with van der Waals surface area (Å²) in [4.78, 5) is 39.9. The van der Waals surface area contributed by atoms with Crippen molar-refractivity contribution in [3.63, 3.8) is 0 Å². The number of alkyl halides is 1. The maximum Gasteiger partial charge on any atom is 0.410 e. The van der Waals surface area contributed by atoms with E-state index in [0.717, 1.165) is 5.56 Å². The Bertz CT molecular complexity index is 1230. The highest BCUT2D eigenvalue weighted by molar-refractivity contribution is 6.02. The van der Waals surface area contributed by atoms with E-state index in [0.29, 0.717) is 56.0 Å². The Balaban J connectivity index is 0.00000308. The van der Waals surface area contributed by atoms with Gasteiger partial charge in [-0.25, -0.2) is 9.18 Å². The highest BCUT2D eigenvalue weighted by Gasteiger charge is 2.39. The van der Waals surface area contributed by atoms with Crippen molar-refractivity contribution in [2.75, 3.05) is 40.0 Å². The van der Waals surface area contributed by atoms with Gasteiger partial charge in [0.1, 0.15) is 24.1 Å². The number of morpholine rings is 1. The van der Waals surface area contributed by atoms with Crippen LogP contribution in [0.1, 0.15) is 74.2 Å². The van der Waals surface area contributed by atoms with Gasteiger partial charge in [-0.15, -0.1) is 0 Å². The lowest BCUT2D eigenvalue weighted by Crippen LogP contribution is -2.47. The molecule has 1 unspecified atom stereocenters. The molecule has 9 nitrogen and oxygen atoms in total. The number of fused-ring (bicyclic) bond motifs is 1. The van der Waals surface area contributed by atoms with E-state index in [1.54, 1.807) is 11.0 Å². The van der Waals surface area contributed by atoms with Crippen LogP contribution in [-0.2, 0) is 9.47 Å². The molecule has 3 atom stereocenters. The number of hydrogen-bond acceptors (Lipinski definition) is 6. The van der Waals surface area contributed by atoms with Crippen LogP contribution in [0.4, 0.5) is 9.18 Å². The standard InChI is InChI=1S/C30H38FN3O6.2H2/c1-30(2,3)40-29(37)34-13-14-38-21(18-34)11-8-12-33-27(35)20-15-22-25(19-9-6-5-7-10-19)24(17-31)39-26(22)23(16-20)28(36)32-4;;/h5-7,9-10,15-16,21,24-25H,8,11-14,17-18H2,1-4H3,(H,32,36)(H,33,35);2*1H/t21-,24?,25+;;/m1../s1. The molecule has 0 aliphatic carbocycles. The van der Waals surface area contributed by atoms with Gasteiger partial charge in [0, 0.05) is 34.1 Å². The molecule has 0 aromatic heterocycles. The topological polar surface area (TPSA) is 106 Å². The van der Waals surface area contributed by atoms with Gasteiger partial charge < -0.3 is 29.7 Å². The maximum absolute atomic E-state index is 14.0. The molecule has 2 N–H and O–H groups in total. The van der Waals surface area contributed by atoms with Crippen molar-refractivity contribution in [1.29, 1.82) is 0 Å². The molecule has 1 fully saturated rings. The van der Waals surface area contributed by atoms with Gasteiger partial charge in [0.25, 0.3) is 11.8 Å². The molecule has 10 heteroatoms. The molecule has 0 saturated carbocycles. The van der Waals surface area contributed by atoms with E-state index >= 15 is 0 Å². The van der Waals surface area contributed by atoms with Crippen molar-refractivity contribution in [3.05, 3.63) is 64.7 Å². The number of hydrogen-bond donors (Lipinski definition) is 2. The SMILES string of the molecule is CNC(=O)c1cc(C(=O)NCCC[C@@H]2CN(C(=O)OC(C)(C)C)CCO2)cc2c1OC(CF)[C@H]2c1ccccc1.[HH].[HH]. The summed E-state index contributed by atoms with van der Waals surface area (Å²) >= 11 is 0. The lowest BCUT2D eigenvalue weighted by atomic mass is 9.86. The first-order valence-electron chi connectivity index (χ1n) is 13.7. The summed E-state index contributed by atoms with van der Waals surface area (Å²) in [5.74, 6) is -0.908. The fraction of sp³-hybridized carbons (Fsp3) is 0.500. The van der Waals surface area contributed by atoms with Crippen molar-refractivity contribution >= 4 is 17.9 Å². The van der Waals surface area contributed by atoms with E-state index in [4.69, 9.17) is 14.2 Å². The molecule has 3 amide bonds. The predicted octanol–water partition coefficient (Wildman–Crippen LogP) is 4.55. The zero-order valence-corrected chi connectivity index (χ0v) is 23.5. The molecule has 2 aliphatic heterocycles. The van der Waals surface area contributed by atoms with Gasteiger partial charge in [-0.2, -0.15) is 0 Å². The number of rotatable bonds is 8. The number of amides is 3. The Hall–Kier alpha value is -3.66. The van der Waals surface area contributed by atoms with Crippen LogP contribution in [0.5, 0.6) is 5.75 Å². The zero-order chi connectivity index (χ0) is 28.9. The number of nitrogens with one attached hydrogen (secondary N) is 2. The van der Waals surface area contributed by atoms with Crippen LogP contribution in [0.2, 0.25) is 0 Å². The van der Waals surface area contributed by atoms with Gasteiger partial charge in [0.15, 0.2) is 0 Å². The van der Waals surface area contributed by atoms with E-state index in [2.05, 4.69) is 10.6 Å². The molecule has 0 radical (unpaired) electrons. The summed E-state index contributed by atoms with van der Waals surface area (Å²) in [6.45, 7) is 6.47. The number of ether oxygens (including phenoxy) is 3. The molecule has 2 aromatic rings. The summed E-state index contributed by atoms with van der Waals surface area (Å²) in [6.07, 6.45) is -0.0272. The fourth-order valence-electron chi connectivity index (χ4n) is 5.06. The Morgan fingerprint density at radius 3 is 2.58 bits per heavy atom. The monoisotopic (exact) mass is 559 g/mol. The summed E-state index contributed by atoms with van der Waals surface area (Å²) < 4.78 is 31.2. The number of nitrogens with zero attached hydrogens (tertiary/aromatic N) is 1. The number of carbonyl (C=O) groups excluding carboxylic acids is 3. The largest absolute Gasteiger partial charge is 0.486 e. The first-order valence-corrected chi connectivity index (χ1v) is 13.7. The molecular formula is C30H42FN3O6. The average molecular weight is 560 g/mol. The van der Waals surface area contributed by atoms with E-state index < -0.39 is 30.2 Å². The van der Waals surface area contributed by atoms with Crippen LogP contribution in [-0.4, -0.2) is 80.6 Å². The summed E-state index contributed by atoms with van der Waals surface area (Å²) in [5, 5.41) is 5.49. The third-order valence-corrected chi connectivity index (χ3v) is 6.92. The second kappa shape index (κ2) is 12.7. The van der Waals surface area contributed by atoms with Gasteiger partial charge >= 0.3 is 6.09 Å². The van der Waals surface area contributed by atoms with Crippen molar-refractivity contribution in [2.45, 2.75) is 57.3 Å². The summed E-state index contributed by atoms with van der Waals surface area (Å²) in [7, 11) is 1.50. The first kappa shape index (κ1) is 29.3. The average Bonchev–Trinajstić information content (AvgIpc) is 3.32. The molecule has 0 spiro atoms. The number of benzene rings is 2. The van der Waals surface area contributed by atoms with Crippen LogP contribution >= 0.6 is 0 Å². The highest BCUT2D eigenvalue weighted by atomic mass is 19.1. The van der Waals surface area contributed by atoms with E-state index in [-0.39, 0.29) is 26.5 Å². The smallest absolute Gasteiger partial charge is 0.410 e.